The lowest BCUT2D eigenvalue weighted by atomic mass is 9.48. The summed E-state index contributed by atoms with van der Waals surface area (Å²) in [5, 5.41) is 0. The quantitative estimate of drug-likeness (QED) is 0.509. The van der Waals surface area contributed by atoms with Crippen LogP contribution in [0.3, 0.4) is 0 Å². The Morgan fingerprint density at radius 3 is 2.37 bits per heavy atom. The fourth-order valence-electron chi connectivity index (χ4n) is 8.03. The molecule has 0 aliphatic carbocycles. The molecule has 4 aliphatic rings. The molecule has 0 radical (unpaired) electrons. The number of rotatable bonds is 2. The number of fused-ring (bicyclic) bond motifs is 10. The summed E-state index contributed by atoms with van der Waals surface area (Å²) in [4.78, 5) is 19.1. The van der Waals surface area contributed by atoms with Crippen molar-refractivity contribution in [3.63, 3.8) is 0 Å². The lowest BCUT2D eigenvalue weighted by molar-refractivity contribution is 0.0985. The minimum Gasteiger partial charge on any atom is -0.359 e. The second-order valence-corrected chi connectivity index (χ2v) is 10.4. The molecule has 0 saturated carbocycles. The second-order valence-electron chi connectivity index (χ2n) is 10.4. The zero-order valence-corrected chi connectivity index (χ0v) is 20.9. The molecule has 0 saturated heterocycles. The zero-order valence-electron chi connectivity index (χ0n) is 20.9. The topological polar surface area (TPSA) is 38.7 Å². The standard InChI is InChI=1S/C29H32N6/c1-5-28(6-2)20-11-7-10-14-23(20)35-26-24(18-30-19-31-26)33(4)27(35)29(28)17-25-32(3)15-16-34(25)22-13-9-8-12-21(22)29/h7-16,18-19,25,27H,5-6,17H2,1-4H3. The third-order valence-electron chi connectivity index (χ3n) is 9.49. The van der Waals surface area contributed by atoms with Crippen molar-refractivity contribution in [2.24, 2.45) is 0 Å². The van der Waals surface area contributed by atoms with Gasteiger partial charge >= 0.3 is 0 Å². The van der Waals surface area contributed by atoms with E-state index in [-0.39, 0.29) is 23.2 Å². The van der Waals surface area contributed by atoms with Crippen molar-refractivity contribution in [1.29, 1.82) is 0 Å². The van der Waals surface area contributed by atoms with E-state index in [0.717, 1.165) is 30.8 Å². The van der Waals surface area contributed by atoms with E-state index < -0.39 is 0 Å². The molecule has 7 rings (SSSR count). The van der Waals surface area contributed by atoms with E-state index in [9.17, 15) is 0 Å². The molecule has 0 amide bonds. The number of likely N-dealkylation sites (N-methyl/N-ethyl adjacent to an activating group) is 1. The van der Waals surface area contributed by atoms with Crippen molar-refractivity contribution < 1.29 is 0 Å². The molecule has 5 heterocycles. The maximum atomic E-state index is 4.85. The van der Waals surface area contributed by atoms with Crippen LogP contribution in [0.25, 0.3) is 0 Å². The van der Waals surface area contributed by atoms with E-state index in [4.69, 9.17) is 4.98 Å². The lowest BCUT2D eigenvalue weighted by Gasteiger charge is -2.64. The first-order valence-electron chi connectivity index (χ1n) is 12.8. The van der Waals surface area contributed by atoms with Crippen molar-refractivity contribution in [2.45, 2.75) is 56.3 Å². The predicted molar refractivity (Wildman–Crippen MR) is 141 cm³/mol. The van der Waals surface area contributed by atoms with Crippen molar-refractivity contribution >= 4 is 22.9 Å². The largest absolute Gasteiger partial charge is 0.359 e. The van der Waals surface area contributed by atoms with Crippen molar-refractivity contribution in [3.8, 4) is 0 Å². The third-order valence-corrected chi connectivity index (χ3v) is 9.49. The van der Waals surface area contributed by atoms with Gasteiger partial charge in [0.25, 0.3) is 0 Å². The number of anilines is 4. The van der Waals surface area contributed by atoms with Crippen LogP contribution in [0.15, 0.2) is 73.5 Å². The van der Waals surface area contributed by atoms with Crippen molar-refractivity contribution in [3.05, 3.63) is 84.6 Å². The molecule has 4 aliphatic heterocycles. The van der Waals surface area contributed by atoms with Gasteiger partial charge in [0.05, 0.1) is 11.6 Å². The van der Waals surface area contributed by atoms with Gasteiger partial charge in [-0.25, -0.2) is 9.97 Å². The average molecular weight is 465 g/mol. The fraction of sp³-hybridized carbons (Fsp3) is 0.379. The Balaban J connectivity index is 1.62. The van der Waals surface area contributed by atoms with Gasteiger partial charge in [-0.05, 0) is 36.1 Å². The Morgan fingerprint density at radius 2 is 1.60 bits per heavy atom. The van der Waals surface area contributed by atoms with E-state index in [1.165, 1.54) is 22.5 Å². The summed E-state index contributed by atoms with van der Waals surface area (Å²) in [5.41, 5.74) is 6.39. The Bertz CT molecular complexity index is 1350. The highest BCUT2D eigenvalue weighted by Gasteiger charge is 2.67. The van der Waals surface area contributed by atoms with Crippen LogP contribution >= 0.6 is 0 Å². The summed E-state index contributed by atoms with van der Waals surface area (Å²) in [7, 11) is 4.46. The molecule has 0 N–H and O–H groups in total. The number of nitrogens with zero attached hydrogens (tertiary/aromatic N) is 6. The molecule has 35 heavy (non-hydrogen) atoms. The number of hydrogen-bond acceptors (Lipinski definition) is 6. The minimum absolute atomic E-state index is 0.0416. The average Bonchev–Trinajstić information content (AvgIpc) is 3.43. The highest BCUT2D eigenvalue weighted by Crippen LogP contribution is 2.67. The van der Waals surface area contributed by atoms with E-state index >= 15 is 0 Å². The molecular formula is C29H32N6. The van der Waals surface area contributed by atoms with Gasteiger partial charge in [0.2, 0.25) is 0 Å². The molecule has 3 aromatic rings. The van der Waals surface area contributed by atoms with Crippen LogP contribution in [0, 0.1) is 0 Å². The lowest BCUT2D eigenvalue weighted by Crippen LogP contribution is -2.70. The van der Waals surface area contributed by atoms with E-state index in [1.54, 1.807) is 6.33 Å². The molecule has 3 unspecified atom stereocenters. The first-order chi connectivity index (χ1) is 17.1. The Hall–Kier alpha value is -3.54. The Kier molecular flexibility index (Phi) is 4.16. The van der Waals surface area contributed by atoms with Crippen LogP contribution in [0.1, 0.15) is 44.2 Å². The summed E-state index contributed by atoms with van der Waals surface area (Å²) < 4.78 is 0. The molecule has 2 aromatic carbocycles. The van der Waals surface area contributed by atoms with Crippen molar-refractivity contribution in [1.82, 2.24) is 14.9 Å². The van der Waals surface area contributed by atoms with Crippen LogP contribution < -0.4 is 14.7 Å². The molecule has 3 atom stereocenters. The van der Waals surface area contributed by atoms with Crippen LogP contribution in [-0.4, -0.2) is 41.3 Å². The molecule has 1 aromatic heterocycles. The smallest absolute Gasteiger partial charge is 0.161 e. The SMILES string of the molecule is CCC1(CC)c2ccccc2N2c3ncncc3N(C)C2C12CC1N(C)C=CN1c1ccccc12. The van der Waals surface area contributed by atoms with Gasteiger partial charge in [0.1, 0.15) is 24.3 Å². The summed E-state index contributed by atoms with van der Waals surface area (Å²) in [6.07, 6.45) is 11.7. The van der Waals surface area contributed by atoms with Gasteiger partial charge in [-0.3, -0.25) is 0 Å². The number of para-hydroxylation sites is 2. The highest BCUT2D eigenvalue weighted by atomic mass is 15.5. The Morgan fingerprint density at radius 1 is 0.886 bits per heavy atom. The first kappa shape index (κ1) is 20.8. The number of benzene rings is 2. The fourth-order valence-corrected chi connectivity index (χ4v) is 8.03. The van der Waals surface area contributed by atoms with Gasteiger partial charge < -0.3 is 19.6 Å². The summed E-state index contributed by atoms with van der Waals surface area (Å²) in [5.74, 6) is 1.01. The molecule has 0 fully saturated rings. The van der Waals surface area contributed by atoms with Gasteiger partial charge in [0.15, 0.2) is 5.82 Å². The minimum atomic E-state index is -0.168. The molecule has 6 nitrogen and oxygen atoms in total. The predicted octanol–water partition coefficient (Wildman–Crippen LogP) is 5.35. The van der Waals surface area contributed by atoms with Gasteiger partial charge in [0, 0.05) is 49.7 Å². The molecule has 6 heteroatoms. The monoisotopic (exact) mass is 464 g/mol. The van der Waals surface area contributed by atoms with Crippen LogP contribution in [-0.2, 0) is 10.8 Å². The highest BCUT2D eigenvalue weighted by molar-refractivity contribution is 5.86. The number of hydrogen-bond donors (Lipinski definition) is 0. The molecule has 178 valence electrons. The third kappa shape index (κ3) is 2.26. The molecular weight excluding hydrogens is 432 g/mol. The number of aromatic nitrogens is 2. The maximum Gasteiger partial charge on any atom is 0.161 e. The second kappa shape index (κ2) is 7.00. The van der Waals surface area contributed by atoms with Crippen molar-refractivity contribution in [2.75, 3.05) is 28.8 Å². The van der Waals surface area contributed by atoms with Crippen LogP contribution in [0.2, 0.25) is 0 Å². The molecule has 0 bridgehead atoms. The summed E-state index contributed by atoms with van der Waals surface area (Å²) in [6.45, 7) is 4.79. The van der Waals surface area contributed by atoms with Crippen LogP contribution in [0.4, 0.5) is 22.9 Å². The van der Waals surface area contributed by atoms with Gasteiger partial charge in [-0.2, -0.15) is 0 Å². The van der Waals surface area contributed by atoms with E-state index in [0.29, 0.717) is 0 Å². The Labute approximate surface area is 207 Å². The normalized spacial score (nSPS) is 27.0. The van der Waals surface area contributed by atoms with Crippen LogP contribution in [0.5, 0.6) is 0 Å². The van der Waals surface area contributed by atoms with Gasteiger partial charge in [-0.15, -0.1) is 0 Å². The first-order valence-corrected chi connectivity index (χ1v) is 12.8. The zero-order chi connectivity index (χ0) is 23.9. The summed E-state index contributed by atoms with van der Waals surface area (Å²) >= 11 is 0. The van der Waals surface area contributed by atoms with E-state index in [1.807, 2.05) is 6.20 Å². The van der Waals surface area contributed by atoms with Gasteiger partial charge in [-0.1, -0.05) is 50.2 Å². The van der Waals surface area contributed by atoms with E-state index in [2.05, 4.69) is 113 Å². The maximum absolute atomic E-state index is 4.85. The summed E-state index contributed by atoms with van der Waals surface area (Å²) in [6, 6.07) is 18.2. The molecule has 1 spiro atoms.